The highest BCUT2D eigenvalue weighted by Gasteiger charge is 2.19. The van der Waals surface area contributed by atoms with Crippen molar-refractivity contribution in [2.24, 2.45) is 4.99 Å². The van der Waals surface area contributed by atoms with Crippen LogP contribution in [-0.4, -0.2) is 54.6 Å². The van der Waals surface area contributed by atoms with Gasteiger partial charge in [0.1, 0.15) is 0 Å². The SMILES string of the molecule is CCCN1CCC(NC(=NCCc2c[nH]c3ccccc23)NCC)CC1. The summed E-state index contributed by atoms with van der Waals surface area (Å²) in [5, 5.41) is 8.35. The van der Waals surface area contributed by atoms with Gasteiger partial charge in [-0.2, -0.15) is 0 Å². The molecule has 1 saturated heterocycles. The van der Waals surface area contributed by atoms with Crippen LogP contribution in [0.1, 0.15) is 38.7 Å². The first kappa shape index (κ1) is 18.8. The van der Waals surface area contributed by atoms with E-state index in [4.69, 9.17) is 4.99 Å². The van der Waals surface area contributed by atoms with Crippen LogP contribution in [0.3, 0.4) is 0 Å². The van der Waals surface area contributed by atoms with E-state index >= 15 is 0 Å². The molecule has 2 heterocycles. The van der Waals surface area contributed by atoms with Gasteiger partial charge in [-0.15, -0.1) is 0 Å². The van der Waals surface area contributed by atoms with E-state index in [2.05, 4.69) is 64.8 Å². The van der Waals surface area contributed by atoms with Gasteiger partial charge in [0.05, 0.1) is 0 Å². The number of para-hydroxylation sites is 1. The fourth-order valence-corrected chi connectivity index (χ4v) is 3.76. The average Bonchev–Trinajstić information content (AvgIpc) is 3.07. The molecule has 2 aromatic rings. The van der Waals surface area contributed by atoms with Crippen molar-refractivity contribution in [1.82, 2.24) is 20.5 Å². The van der Waals surface area contributed by atoms with Gasteiger partial charge in [0, 0.05) is 49.3 Å². The zero-order valence-corrected chi connectivity index (χ0v) is 16.2. The van der Waals surface area contributed by atoms with Crippen LogP contribution in [0.2, 0.25) is 0 Å². The lowest BCUT2D eigenvalue weighted by Crippen LogP contribution is -2.48. The van der Waals surface area contributed by atoms with Crippen LogP contribution < -0.4 is 10.6 Å². The summed E-state index contributed by atoms with van der Waals surface area (Å²) in [7, 11) is 0. The van der Waals surface area contributed by atoms with Gasteiger partial charge in [-0.3, -0.25) is 4.99 Å². The number of likely N-dealkylation sites (tertiary alicyclic amines) is 1. The number of aromatic amines is 1. The summed E-state index contributed by atoms with van der Waals surface area (Å²) >= 11 is 0. The summed E-state index contributed by atoms with van der Waals surface area (Å²) in [5.41, 5.74) is 2.54. The normalized spacial score (nSPS) is 16.9. The van der Waals surface area contributed by atoms with Crippen LogP contribution in [0.4, 0.5) is 0 Å². The number of rotatable bonds is 7. The molecular formula is C21H33N5. The molecule has 0 radical (unpaired) electrons. The van der Waals surface area contributed by atoms with E-state index in [9.17, 15) is 0 Å². The van der Waals surface area contributed by atoms with E-state index < -0.39 is 0 Å². The van der Waals surface area contributed by atoms with Gasteiger partial charge in [0.2, 0.25) is 0 Å². The van der Waals surface area contributed by atoms with E-state index in [0.717, 1.165) is 25.5 Å². The Labute approximate surface area is 157 Å². The molecule has 1 aromatic carbocycles. The third-order valence-corrected chi connectivity index (χ3v) is 5.14. The van der Waals surface area contributed by atoms with Crippen LogP contribution in [0.5, 0.6) is 0 Å². The summed E-state index contributed by atoms with van der Waals surface area (Å²) in [4.78, 5) is 10.7. The highest BCUT2D eigenvalue weighted by atomic mass is 15.2. The molecule has 0 atom stereocenters. The summed E-state index contributed by atoms with van der Waals surface area (Å²) in [6, 6.07) is 9.00. The third kappa shape index (κ3) is 5.01. The van der Waals surface area contributed by atoms with Crippen LogP contribution >= 0.6 is 0 Å². The fraction of sp³-hybridized carbons (Fsp3) is 0.571. The van der Waals surface area contributed by atoms with Crippen molar-refractivity contribution < 1.29 is 0 Å². The smallest absolute Gasteiger partial charge is 0.191 e. The molecular weight excluding hydrogens is 322 g/mol. The Morgan fingerprint density at radius 1 is 1.23 bits per heavy atom. The predicted octanol–water partition coefficient (Wildman–Crippen LogP) is 3.14. The first-order chi connectivity index (χ1) is 12.8. The lowest BCUT2D eigenvalue weighted by Gasteiger charge is -2.32. The number of hydrogen-bond acceptors (Lipinski definition) is 2. The van der Waals surface area contributed by atoms with Crippen LogP contribution in [-0.2, 0) is 6.42 Å². The van der Waals surface area contributed by atoms with Crippen LogP contribution in [0, 0.1) is 0 Å². The second-order valence-electron chi connectivity index (χ2n) is 7.13. The van der Waals surface area contributed by atoms with Crippen molar-refractivity contribution in [2.45, 2.75) is 45.6 Å². The van der Waals surface area contributed by atoms with Crippen molar-refractivity contribution in [2.75, 3.05) is 32.7 Å². The second kappa shape index (κ2) is 9.62. The molecule has 0 unspecified atom stereocenters. The third-order valence-electron chi connectivity index (χ3n) is 5.14. The minimum Gasteiger partial charge on any atom is -0.361 e. The van der Waals surface area contributed by atoms with Gasteiger partial charge in [-0.1, -0.05) is 25.1 Å². The number of aromatic nitrogens is 1. The molecule has 1 fully saturated rings. The zero-order chi connectivity index (χ0) is 18.2. The number of guanidine groups is 1. The summed E-state index contributed by atoms with van der Waals surface area (Å²) in [6.45, 7) is 9.69. The average molecular weight is 356 g/mol. The van der Waals surface area contributed by atoms with Crippen molar-refractivity contribution >= 4 is 16.9 Å². The summed E-state index contributed by atoms with van der Waals surface area (Å²) in [6.07, 6.45) is 6.72. The molecule has 0 amide bonds. The Morgan fingerprint density at radius 3 is 2.81 bits per heavy atom. The molecule has 0 bridgehead atoms. The number of aliphatic imine (C=N–C) groups is 1. The molecule has 0 aliphatic carbocycles. The number of nitrogens with zero attached hydrogens (tertiary/aromatic N) is 2. The van der Waals surface area contributed by atoms with Gasteiger partial charge in [0.25, 0.3) is 0 Å². The largest absolute Gasteiger partial charge is 0.361 e. The Bertz CT molecular complexity index is 697. The maximum absolute atomic E-state index is 4.81. The number of nitrogens with one attached hydrogen (secondary N) is 3. The van der Waals surface area contributed by atoms with Gasteiger partial charge in [-0.05, 0) is 50.8 Å². The first-order valence-electron chi connectivity index (χ1n) is 10.1. The number of fused-ring (bicyclic) bond motifs is 1. The molecule has 1 aliphatic rings. The van der Waals surface area contributed by atoms with Crippen LogP contribution in [0.25, 0.3) is 10.9 Å². The standard InChI is InChI=1S/C21H33N5/c1-3-13-26-14-10-18(11-15-26)25-21(22-4-2)23-12-9-17-16-24-20-8-6-5-7-19(17)20/h5-8,16,18,24H,3-4,9-15H2,1-2H3,(H2,22,23,25). The van der Waals surface area contributed by atoms with Crippen molar-refractivity contribution in [3.63, 3.8) is 0 Å². The highest BCUT2D eigenvalue weighted by molar-refractivity contribution is 5.83. The van der Waals surface area contributed by atoms with E-state index in [1.165, 1.54) is 55.4 Å². The van der Waals surface area contributed by atoms with Crippen molar-refractivity contribution in [3.05, 3.63) is 36.0 Å². The number of H-pyrrole nitrogens is 1. The molecule has 0 spiro atoms. The molecule has 5 heteroatoms. The first-order valence-corrected chi connectivity index (χ1v) is 10.1. The van der Waals surface area contributed by atoms with Gasteiger partial charge in [0.15, 0.2) is 5.96 Å². The predicted molar refractivity (Wildman–Crippen MR) is 111 cm³/mol. The Balaban J connectivity index is 1.52. The van der Waals surface area contributed by atoms with E-state index in [-0.39, 0.29) is 0 Å². The topological polar surface area (TPSA) is 55.5 Å². The molecule has 1 aliphatic heterocycles. The molecule has 1 aromatic heterocycles. The monoisotopic (exact) mass is 355 g/mol. The van der Waals surface area contributed by atoms with Gasteiger partial charge in [-0.25, -0.2) is 0 Å². The van der Waals surface area contributed by atoms with Crippen molar-refractivity contribution in [1.29, 1.82) is 0 Å². The zero-order valence-electron chi connectivity index (χ0n) is 16.2. The second-order valence-corrected chi connectivity index (χ2v) is 7.13. The Hall–Kier alpha value is -2.01. The number of benzene rings is 1. The Kier molecular flexibility index (Phi) is 6.95. The highest BCUT2D eigenvalue weighted by Crippen LogP contribution is 2.18. The molecule has 142 valence electrons. The molecule has 0 saturated carbocycles. The fourth-order valence-electron chi connectivity index (χ4n) is 3.76. The lowest BCUT2D eigenvalue weighted by atomic mass is 10.1. The molecule has 3 rings (SSSR count). The molecule has 26 heavy (non-hydrogen) atoms. The maximum atomic E-state index is 4.81. The molecule has 3 N–H and O–H groups in total. The summed E-state index contributed by atoms with van der Waals surface area (Å²) in [5.74, 6) is 0.960. The Morgan fingerprint density at radius 2 is 2.04 bits per heavy atom. The van der Waals surface area contributed by atoms with Crippen molar-refractivity contribution in [3.8, 4) is 0 Å². The molecule has 5 nitrogen and oxygen atoms in total. The minimum absolute atomic E-state index is 0.536. The van der Waals surface area contributed by atoms with E-state index in [1.54, 1.807) is 0 Å². The minimum atomic E-state index is 0.536. The quantitative estimate of drug-likeness (QED) is 0.528. The van der Waals surface area contributed by atoms with Gasteiger partial charge >= 0.3 is 0 Å². The lowest BCUT2D eigenvalue weighted by molar-refractivity contribution is 0.206. The van der Waals surface area contributed by atoms with Crippen LogP contribution in [0.15, 0.2) is 35.5 Å². The van der Waals surface area contributed by atoms with E-state index in [1.807, 2.05) is 0 Å². The number of hydrogen-bond donors (Lipinski definition) is 3. The van der Waals surface area contributed by atoms with Gasteiger partial charge < -0.3 is 20.5 Å². The van der Waals surface area contributed by atoms with E-state index in [0.29, 0.717) is 6.04 Å². The summed E-state index contributed by atoms with van der Waals surface area (Å²) < 4.78 is 0. The maximum Gasteiger partial charge on any atom is 0.191 e. The number of piperidine rings is 1.